The average molecular weight is 257 g/mol. The first-order valence-electron chi connectivity index (χ1n) is 7.10. The molecule has 19 heavy (non-hydrogen) atoms. The first kappa shape index (κ1) is 11.2. The Bertz CT molecular complexity index is 574. The van der Waals surface area contributed by atoms with Gasteiger partial charge in [0.25, 0.3) is 0 Å². The maximum atomic E-state index is 4.50. The third-order valence-corrected chi connectivity index (χ3v) is 4.79. The molecule has 2 aliphatic heterocycles. The third-order valence-electron chi connectivity index (χ3n) is 4.79. The summed E-state index contributed by atoms with van der Waals surface area (Å²) >= 11 is 0. The lowest BCUT2D eigenvalue weighted by atomic mass is 9.78. The Morgan fingerprint density at radius 3 is 2.84 bits per heavy atom. The Hall–Kier alpha value is -1.62. The molecule has 0 unspecified atom stereocenters. The van der Waals surface area contributed by atoms with E-state index in [1.54, 1.807) is 6.33 Å². The standard InChI is InChI=1S/C14H19N5/c1-5-16-12-11(1)13(18-10-17-12)19-7-3-14(4-8-19)2-6-15-9-14/h1,5,10,15H,2-4,6-9H2,(H,16,17,18). The van der Waals surface area contributed by atoms with Gasteiger partial charge in [0.15, 0.2) is 0 Å². The summed E-state index contributed by atoms with van der Waals surface area (Å²) in [6.45, 7) is 4.61. The molecule has 0 aromatic carbocycles. The minimum atomic E-state index is 0.556. The van der Waals surface area contributed by atoms with Gasteiger partial charge in [0.2, 0.25) is 0 Å². The number of rotatable bonds is 1. The SMILES string of the molecule is c1nc(N2CCC3(CCNC3)CC2)c2cc[nH]c2n1. The van der Waals surface area contributed by atoms with E-state index in [1.165, 1.54) is 32.4 Å². The van der Waals surface area contributed by atoms with Crippen molar-refractivity contribution in [3.63, 3.8) is 0 Å². The normalized spacial score (nSPS) is 22.4. The number of hydrogen-bond acceptors (Lipinski definition) is 4. The van der Waals surface area contributed by atoms with Crippen molar-refractivity contribution in [2.24, 2.45) is 5.41 Å². The molecule has 0 aliphatic carbocycles. The van der Waals surface area contributed by atoms with Gasteiger partial charge in [0, 0.05) is 25.8 Å². The fourth-order valence-corrected chi connectivity index (χ4v) is 3.53. The minimum Gasteiger partial charge on any atom is -0.356 e. The molecule has 5 nitrogen and oxygen atoms in total. The summed E-state index contributed by atoms with van der Waals surface area (Å²) in [5, 5.41) is 4.66. The molecular formula is C14H19N5. The molecule has 4 rings (SSSR count). The molecule has 0 amide bonds. The second-order valence-corrected chi connectivity index (χ2v) is 5.85. The molecule has 2 aromatic rings. The predicted molar refractivity (Wildman–Crippen MR) is 75.3 cm³/mol. The van der Waals surface area contributed by atoms with Crippen LogP contribution >= 0.6 is 0 Å². The van der Waals surface area contributed by atoms with Crippen molar-refractivity contribution in [3.05, 3.63) is 18.6 Å². The predicted octanol–water partition coefficient (Wildman–Crippen LogP) is 1.54. The molecule has 0 bridgehead atoms. The highest BCUT2D eigenvalue weighted by molar-refractivity contribution is 5.87. The lowest BCUT2D eigenvalue weighted by Crippen LogP contribution is -2.41. The van der Waals surface area contributed by atoms with Crippen LogP contribution in [0.15, 0.2) is 18.6 Å². The first-order chi connectivity index (χ1) is 9.36. The van der Waals surface area contributed by atoms with E-state index in [-0.39, 0.29) is 0 Å². The quantitative estimate of drug-likeness (QED) is 0.813. The molecule has 4 heterocycles. The number of aromatic amines is 1. The van der Waals surface area contributed by atoms with Crippen molar-refractivity contribution in [1.82, 2.24) is 20.3 Å². The summed E-state index contributed by atoms with van der Waals surface area (Å²) in [7, 11) is 0. The van der Waals surface area contributed by atoms with E-state index in [9.17, 15) is 0 Å². The Morgan fingerprint density at radius 2 is 2.05 bits per heavy atom. The van der Waals surface area contributed by atoms with Crippen molar-refractivity contribution in [2.75, 3.05) is 31.1 Å². The highest BCUT2D eigenvalue weighted by Gasteiger charge is 2.37. The fraction of sp³-hybridized carbons (Fsp3) is 0.571. The molecular weight excluding hydrogens is 238 g/mol. The number of anilines is 1. The molecule has 100 valence electrons. The van der Waals surface area contributed by atoms with Crippen LogP contribution < -0.4 is 10.2 Å². The van der Waals surface area contributed by atoms with Gasteiger partial charge in [-0.2, -0.15) is 0 Å². The maximum absolute atomic E-state index is 4.50. The van der Waals surface area contributed by atoms with Crippen molar-refractivity contribution < 1.29 is 0 Å². The summed E-state index contributed by atoms with van der Waals surface area (Å²) in [6.07, 6.45) is 7.49. The van der Waals surface area contributed by atoms with Crippen LogP contribution in [0.3, 0.4) is 0 Å². The maximum Gasteiger partial charge on any atom is 0.142 e. The fourth-order valence-electron chi connectivity index (χ4n) is 3.53. The summed E-state index contributed by atoms with van der Waals surface area (Å²) in [6, 6.07) is 2.08. The van der Waals surface area contributed by atoms with Crippen LogP contribution in [0.4, 0.5) is 5.82 Å². The summed E-state index contributed by atoms with van der Waals surface area (Å²) in [4.78, 5) is 14.3. The van der Waals surface area contributed by atoms with Gasteiger partial charge in [-0.05, 0) is 37.3 Å². The summed E-state index contributed by atoms with van der Waals surface area (Å²) < 4.78 is 0. The zero-order valence-corrected chi connectivity index (χ0v) is 11.0. The zero-order valence-electron chi connectivity index (χ0n) is 11.0. The Morgan fingerprint density at radius 1 is 1.16 bits per heavy atom. The third kappa shape index (κ3) is 1.80. The number of aromatic nitrogens is 3. The molecule has 2 aromatic heterocycles. The molecule has 1 spiro atoms. The number of fused-ring (bicyclic) bond motifs is 1. The van der Waals surface area contributed by atoms with Crippen LogP contribution in [0.5, 0.6) is 0 Å². The smallest absolute Gasteiger partial charge is 0.142 e. The van der Waals surface area contributed by atoms with Crippen molar-refractivity contribution in [3.8, 4) is 0 Å². The van der Waals surface area contributed by atoms with Crippen molar-refractivity contribution in [1.29, 1.82) is 0 Å². The molecule has 0 radical (unpaired) electrons. The highest BCUT2D eigenvalue weighted by atomic mass is 15.2. The Kier molecular flexibility index (Phi) is 2.48. The van der Waals surface area contributed by atoms with Crippen molar-refractivity contribution in [2.45, 2.75) is 19.3 Å². The molecule has 2 saturated heterocycles. The van der Waals surface area contributed by atoms with Gasteiger partial charge in [-0.1, -0.05) is 0 Å². The monoisotopic (exact) mass is 257 g/mol. The molecule has 2 fully saturated rings. The van der Waals surface area contributed by atoms with E-state index >= 15 is 0 Å². The van der Waals surface area contributed by atoms with Crippen LogP contribution in [0, 0.1) is 5.41 Å². The van der Waals surface area contributed by atoms with E-state index in [2.05, 4.69) is 31.2 Å². The van der Waals surface area contributed by atoms with Crippen LogP contribution in [0.1, 0.15) is 19.3 Å². The number of nitrogens with one attached hydrogen (secondary N) is 2. The van der Waals surface area contributed by atoms with Gasteiger partial charge in [-0.25, -0.2) is 9.97 Å². The number of nitrogens with zero attached hydrogens (tertiary/aromatic N) is 3. The summed E-state index contributed by atoms with van der Waals surface area (Å²) in [5.41, 5.74) is 1.49. The van der Waals surface area contributed by atoms with Gasteiger partial charge in [-0.3, -0.25) is 0 Å². The second-order valence-electron chi connectivity index (χ2n) is 5.85. The lowest BCUT2D eigenvalue weighted by Gasteiger charge is -2.39. The topological polar surface area (TPSA) is 56.8 Å². The lowest BCUT2D eigenvalue weighted by molar-refractivity contribution is 0.247. The van der Waals surface area contributed by atoms with Crippen LogP contribution in [-0.4, -0.2) is 41.1 Å². The second kappa shape index (κ2) is 4.20. The van der Waals surface area contributed by atoms with E-state index in [4.69, 9.17) is 0 Å². The number of H-pyrrole nitrogens is 1. The van der Waals surface area contributed by atoms with Gasteiger partial charge in [0.1, 0.15) is 17.8 Å². The van der Waals surface area contributed by atoms with Crippen molar-refractivity contribution >= 4 is 16.9 Å². The minimum absolute atomic E-state index is 0.556. The van der Waals surface area contributed by atoms with Crippen LogP contribution in [0.2, 0.25) is 0 Å². The average Bonchev–Trinajstić information content (AvgIpc) is 3.09. The molecule has 2 N–H and O–H groups in total. The zero-order chi connectivity index (χ0) is 12.7. The van der Waals surface area contributed by atoms with Crippen LogP contribution in [-0.2, 0) is 0 Å². The van der Waals surface area contributed by atoms with Gasteiger partial charge in [0.05, 0.1) is 5.39 Å². The van der Waals surface area contributed by atoms with Crippen LogP contribution in [0.25, 0.3) is 11.0 Å². The van der Waals surface area contributed by atoms with Gasteiger partial charge in [-0.15, -0.1) is 0 Å². The Balaban J connectivity index is 1.59. The molecule has 2 aliphatic rings. The summed E-state index contributed by atoms with van der Waals surface area (Å²) in [5.74, 6) is 1.09. The van der Waals surface area contributed by atoms with Gasteiger partial charge >= 0.3 is 0 Å². The van der Waals surface area contributed by atoms with E-state index in [0.29, 0.717) is 5.41 Å². The Labute approximate surface area is 112 Å². The first-order valence-corrected chi connectivity index (χ1v) is 7.10. The van der Waals surface area contributed by atoms with Gasteiger partial charge < -0.3 is 15.2 Å². The van der Waals surface area contributed by atoms with E-state index in [1.807, 2.05) is 6.20 Å². The largest absolute Gasteiger partial charge is 0.356 e. The number of hydrogen-bond donors (Lipinski definition) is 2. The molecule has 0 saturated carbocycles. The molecule has 0 atom stereocenters. The van der Waals surface area contributed by atoms with E-state index in [0.717, 1.165) is 29.9 Å². The molecule has 5 heteroatoms. The number of piperidine rings is 1. The van der Waals surface area contributed by atoms with E-state index < -0.39 is 0 Å². The highest BCUT2D eigenvalue weighted by Crippen LogP contribution is 2.38.